The summed E-state index contributed by atoms with van der Waals surface area (Å²) in [5, 5.41) is 4.63. The largest absolute Gasteiger partial charge is 0.457 e. The van der Waals surface area contributed by atoms with Gasteiger partial charge in [-0.2, -0.15) is 0 Å². The minimum atomic E-state index is 0.722. The number of rotatable bonds is 5. The van der Waals surface area contributed by atoms with E-state index in [2.05, 4.69) is 28.5 Å². The number of anilines is 1. The molecule has 1 aromatic heterocycles. The van der Waals surface area contributed by atoms with Crippen LogP contribution in [0.5, 0.6) is 11.5 Å². The van der Waals surface area contributed by atoms with E-state index in [0.717, 1.165) is 40.2 Å². The van der Waals surface area contributed by atoms with E-state index in [0.29, 0.717) is 0 Å². The number of benzene rings is 3. The second kappa shape index (κ2) is 7.05. The van der Waals surface area contributed by atoms with Gasteiger partial charge in [-0.3, -0.25) is 4.98 Å². The third-order valence-corrected chi connectivity index (χ3v) is 4.01. The lowest BCUT2D eigenvalue weighted by atomic mass is 10.1. The summed E-state index contributed by atoms with van der Waals surface area (Å²) in [4.78, 5) is 4.40. The van der Waals surface area contributed by atoms with Crippen molar-refractivity contribution in [3.05, 3.63) is 96.7 Å². The van der Waals surface area contributed by atoms with E-state index in [1.54, 1.807) is 0 Å². The molecule has 0 bridgehead atoms. The molecule has 0 saturated carbocycles. The smallest absolute Gasteiger partial charge is 0.127 e. The highest BCUT2D eigenvalue weighted by atomic mass is 16.5. The molecule has 3 nitrogen and oxygen atoms in total. The second-order valence-electron chi connectivity index (χ2n) is 5.79. The van der Waals surface area contributed by atoms with Crippen LogP contribution in [0.15, 0.2) is 91.1 Å². The molecule has 0 unspecified atom stereocenters. The molecular formula is C22H18N2O. The van der Waals surface area contributed by atoms with Gasteiger partial charge in [-0.15, -0.1) is 0 Å². The van der Waals surface area contributed by atoms with Crippen LogP contribution in [0, 0.1) is 0 Å². The van der Waals surface area contributed by atoms with Gasteiger partial charge >= 0.3 is 0 Å². The van der Waals surface area contributed by atoms with E-state index in [1.165, 1.54) is 0 Å². The normalized spacial score (nSPS) is 10.6. The van der Waals surface area contributed by atoms with Crippen LogP contribution in [0.2, 0.25) is 0 Å². The molecule has 0 amide bonds. The average molecular weight is 326 g/mol. The van der Waals surface area contributed by atoms with E-state index >= 15 is 0 Å². The maximum absolute atomic E-state index is 5.90. The van der Waals surface area contributed by atoms with Crippen molar-refractivity contribution in [3.8, 4) is 11.5 Å². The van der Waals surface area contributed by atoms with Crippen LogP contribution in [-0.4, -0.2) is 4.98 Å². The quantitative estimate of drug-likeness (QED) is 0.515. The molecule has 3 heteroatoms. The summed E-state index contributed by atoms with van der Waals surface area (Å²) < 4.78 is 5.90. The van der Waals surface area contributed by atoms with Crippen LogP contribution < -0.4 is 10.1 Å². The summed E-state index contributed by atoms with van der Waals surface area (Å²) in [6.07, 6.45) is 1.83. The molecule has 3 aromatic carbocycles. The van der Waals surface area contributed by atoms with Crippen molar-refractivity contribution in [2.75, 3.05) is 5.32 Å². The fourth-order valence-electron chi connectivity index (χ4n) is 2.79. The molecule has 0 aliphatic heterocycles. The highest BCUT2D eigenvalue weighted by Crippen LogP contribution is 2.24. The molecule has 25 heavy (non-hydrogen) atoms. The van der Waals surface area contributed by atoms with Gasteiger partial charge in [-0.1, -0.05) is 48.5 Å². The Hall–Kier alpha value is -3.33. The molecule has 0 aliphatic rings. The molecule has 0 saturated heterocycles. The van der Waals surface area contributed by atoms with Crippen molar-refractivity contribution < 1.29 is 4.74 Å². The molecule has 0 spiro atoms. The maximum Gasteiger partial charge on any atom is 0.127 e. The average Bonchev–Trinajstić information content (AvgIpc) is 2.67. The van der Waals surface area contributed by atoms with Crippen molar-refractivity contribution >= 4 is 16.6 Å². The Morgan fingerprint density at radius 3 is 2.48 bits per heavy atom. The zero-order valence-corrected chi connectivity index (χ0v) is 13.7. The first-order valence-corrected chi connectivity index (χ1v) is 8.28. The summed E-state index contributed by atoms with van der Waals surface area (Å²) in [5.41, 5.74) is 3.24. The van der Waals surface area contributed by atoms with Crippen LogP contribution in [-0.2, 0) is 6.54 Å². The van der Waals surface area contributed by atoms with Crippen LogP contribution in [0.4, 0.5) is 5.69 Å². The first-order valence-electron chi connectivity index (χ1n) is 8.28. The van der Waals surface area contributed by atoms with E-state index in [9.17, 15) is 0 Å². The van der Waals surface area contributed by atoms with Gasteiger partial charge in [0.2, 0.25) is 0 Å². The lowest BCUT2D eigenvalue weighted by Gasteiger charge is -2.11. The molecule has 4 aromatic rings. The first-order chi connectivity index (χ1) is 12.4. The summed E-state index contributed by atoms with van der Waals surface area (Å²) in [7, 11) is 0. The molecule has 0 radical (unpaired) electrons. The molecule has 1 heterocycles. The summed E-state index contributed by atoms with van der Waals surface area (Å²) in [5.74, 6) is 1.68. The predicted octanol–water partition coefficient (Wildman–Crippen LogP) is 5.64. The lowest BCUT2D eigenvalue weighted by Crippen LogP contribution is -2.00. The molecule has 122 valence electrons. The van der Waals surface area contributed by atoms with Gasteiger partial charge in [0.05, 0.1) is 5.52 Å². The second-order valence-corrected chi connectivity index (χ2v) is 5.79. The Morgan fingerprint density at radius 1 is 0.760 bits per heavy atom. The summed E-state index contributed by atoms with van der Waals surface area (Å²) in [6.45, 7) is 0.722. The Balaban J connectivity index is 1.50. The number of pyridine rings is 1. The van der Waals surface area contributed by atoms with E-state index < -0.39 is 0 Å². The third kappa shape index (κ3) is 3.61. The van der Waals surface area contributed by atoms with Crippen molar-refractivity contribution in [1.29, 1.82) is 0 Å². The number of fused-ring (bicyclic) bond motifs is 1. The molecule has 1 N–H and O–H groups in total. The third-order valence-electron chi connectivity index (χ3n) is 4.01. The van der Waals surface area contributed by atoms with E-state index in [1.807, 2.05) is 72.9 Å². The Kier molecular flexibility index (Phi) is 4.29. The number of para-hydroxylation sites is 2. The van der Waals surface area contributed by atoms with Gasteiger partial charge in [-0.25, -0.2) is 0 Å². The number of nitrogens with zero attached hydrogens (tertiary/aromatic N) is 1. The topological polar surface area (TPSA) is 34.1 Å². The number of hydrogen-bond donors (Lipinski definition) is 1. The van der Waals surface area contributed by atoms with E-state index in [4.69, 9.17) is 4.74 Å². The predicted molar refractivity (Wildman–Crippen MR) is 102 cm³/mol. The van der Waals surface area contributed by atoms with Crippen LogP contribution in [0.25, 0.3) is 10.9 Å². The zero-order chi connectivity index (χ0) is 16.9. The van der Waals surface area contributed by atoms with Crippen molar-refractivity contribution in [3.63, 3.8) is 0 Å². The molecular weight excluding hydrogens is 308 g/mol. The summed E-state index contributed by atoms with van der Waals surface area (Å²) >= 11 is 0. The van der Waals surface area contributed by atoms with Crippen LogP contribution in [0.1, 0.15) is 5.56 Å². The maximum atomic E-state index is 5.90. The number of ether oxygens (including phenoxy) is 1. The van der Waals surface area contributed by atoms with Crippen LogP contribution >= 0.6 is 0 Å². The SMILES string of the molecule is c1ccc(Oc2cccc(CNc3ccnc4ccccc34)c2)cc1. The highest BCUT2D eigenvalue weighted by molar-refractivity contribution is 5.90. The van der Waals surface area contributed by atoms with Gasteiger partial charge in [0.1, 0.15) is 11.5 Å². The Morgan fingerprint density at radius 2 is 1.56 bits per heavy atom. The minimum absolute atomic E-state index is 0.722. The van der Waals surface area contributed by atoms with Gasteiger partial charge < -0.3 is 10.1 Å². The van der Waals surface area contributed by atoms with Gasteiger partial charge in [0, 0.05) is 23.8 Å². The monoisotopic (exact) mass is 326 g/mol. The van der Waals surface area contributed by atoms with Gasteiger partial charge in [0.15, 0.2) is 0 Å². The fraction of sp³-hybridized carbons (Fsp3) is 0.0455. The van der Waals surface area contributed by atoms with E-state index in [-0.39, 0.29) is 0 Å². The number of nitrogens with one attached hydrogen (secondary N) is 1. The summed E-state index contributed by atoms with van der Waals surface area (Å²) in [6, 6.07) is 28.1. The molecule has 0 fully saturated rings. The lowest BCUT2D eigenvalue weighted by molar-refractivity contribution is 0.482. The van der Waals surface area contributed by atoms with Crippen molar-refractivity contribution in [1.82, 2.24) is 4.98 Å². The number of hydrogen-bond acceptors (Lipinski definition) is 3. The highest BCUT2D eigenvalue weighted by Gasteiger charge is 2.02. The fourth-order valence-corrected chi connectivity index (χ4v) is 2.79. The molecule has 0 aliphatic carbocycles. The van der Waals surface area contributed by atoms with Gasteiger partial charge in [-0.05, 0) is 42.0 Å². The van der Waals surface area contributed by atoms with Crippen molar-refractivity contribution in [2.45, 2.75) is 6.54 Å². The first kappa shape index (κ1) is 15.2. The van der Waals surface area contributed by atoms with Crippen LogP contribution in [0.3, 0.4) is 0 Å². The minimum Gasteiger partial charge on any atom is -0.457 e. The molecule has 4 rings (SSSR count). The Labute approximate surface area is 146 Å². The molecule has 0 atom stereocenters. The number of aromatic nitrogens is 1. The Bertz CT molecular complexity index is 978. The zero-order valence-electron chi connectivity index (χ0n) is 13.7. The standard InChI is InChI=1S/C22H18N2O/c1-2-8-18(9-3-1)25-19-10-6-7-17(15-19)16-24-22-13-14-23-21-12-5-4-11-20(21)22/h1-15H,16H2,(H,23,24). The van der Waals surface area contributed by atoms with Gasteiger partial charge in [0.25, 0.3) is 0 Å². The van der Waals surface area contributed by atoms with Crippen molar-refractivity contribution in [2.24, 2.45) is 0 Å².